The van der Waals surface area contributed by atoms with E-state index in [4.69, 9.17) is 0 Å². The summed E-state index contributed by atoms with van der Waals surface area (Å²) in [6, 6.07) is 1.50. The normalized spacial score (nSPS) is 8.00. The molecule has 1 heterocycles. The maximum Gasteiger partial charge on any atom is 0.199 e. The number of hydrogen-bond donors (Lipinski definition) is 0. The molecule has 2 heteroatoms. The van der Waals surface area contributed by atoms with Crippen molar-refractivity contribution in [2.75, 3.05) is 0 Å². The van der Waals surface area contributed by atoms with Gasteiger partial charge in [-0.3, -0.25) is 0 Å². The van der Waals surface area contributed by atoms with Crippen molar-refractivity contribution in [3.63, 3.8) is 0 Å². The average molecular weight is 77.1 g/mol. The monoisotopic (exact) mass is 77.0 g/mol. The Morgan fingerprint density at radius 1 is 1.17 bits per heavy atom. The van der Waals surface area contributed by atoms with Gasteiger partial charge in [-0.15, -0.1) is 0 Å². The van der Waals surface area contributed by atoms with E-state index in [0.717, 1.165) is 0 Å². The van der Waals surface area contributed by atoms with Crippen LogP contribution in [0.3, 0.4) is 0 Å². The lowest BCUT2D eigenvalue weighted by Crippen LogP contribution is -1.70. The SMILES string of the molecule is [c]1c[c]n[c]n1. The smallest absolute Gasteiger partial charge is 0.199 e. The Balaban J connectivity index is 3.00. The molecule has 1 aromatic heterocycles. The third-order valence-electron chi connectivity index (χ3n) is 0.358. The van der Waals surface area contributed by atoms with Crippen LogP contribution in [-0.2, 0) is 0 Å². The summed E-state index contributed by atoms with van der Waals surface area (Å²) in [5.74, 6) is 0. The average Bonchev–Trinajstić information content (AvgIpc) is 1.72. The van der Waals surface area contributed by atoms with E-state index in [1.165, 1.54) is 6.07 Å². The Bertz CT molecular complexity index is 77.5. The highest BCUT2D eigenvalue weighted by Crippen LogP contribution is 1.62. The van der Waals surface area contributed by atoms with Crippen LogP contribution in [-0.4, -0.2) is 9.97 Å². The van der Waals surface area contributed by atoms with E-state index in [0.29, 0.717) is 0 Å². The van der Waals surface area contributed by atoms with Crippen LogP contribution >= 0.6 is 0 Å². The molecule has 0 aromatic carbocycles. The largest absolute Gasteiger partial charge is 0.223 e. The molecule has 0 spiro atoms. The maximum absolute atomic E-state index is 3.39. The van der Waals surface area contributed by atoms with Crippen LogP contribution < -0.4 is 0 Å². The second-order valence-electron chi connectivity index (χ2n) is 0.726. The minimum atomic E-state index is 1.50. The summed E-state index contributed by atoms with van der Waals surface area (Å²) in [5.41, 5.74) is 0. The van der Waals surface area contributed by atoms with E-state index >= 15 is 0 Å². The molecular weight excluding hydrogens is 76.1 g/mol. The number of hydrogen-bond acceptors (Lipinski definition) is 2. The summed E-state index contributed by atoms with van der Waals surface area (Å²) < 4.78 is 0. The standard InChI is InChI=1S/C4HN2/c1-2-5-4-6-3-1/h1H. The summed E-state index contributed by atoms with van der Waals surface area (Å²) in [4.78, 5) is 6.78. The molecule has 6 heavy (non-hydrogen) atoms. The molecular formula is C4HN2. The van der Waals surface area contributed by atoms with Crippen LogP contribution in [0.25, 0.3) is 0 Å². The van der Waals surface area contributed by atoms with E-state index < -0.39 is 0 Å². The molecule has 0 unspecified atom stereocenters. The number of nitrogens with zero attached hydrogens (tertiary/aromatic N) is 2. The summed E-state index contributed by atoms with van der Waals surface area (Å²) in [5, 5.41) is 0. The first kappa shape index (κ1) is 3.28. The fourth-order valence-corrected chi connectivity index (χ4v) is 0.176. The van der Waals surface area contributed by atoms with E-state index in [1.807, 2.05) is 0 Å². The lowest BCUT2D eigenvalue weighted by Gasteiger charge is -1.65. The number of aromatic nitrogens is 2. The van der Waals surface area contributed by atoms with Gasteiger partial charge in [0.1, 0.15) is 0 Å². The van der Waals surface area contributed by atoms with Crippen molar-refractivity contribution >= 4 is 0 Å². The molecule has 0 amide bonds. The van der Waals surface area contributed by atoms with Crippen LogP contribution in [0.5, 0.6) is 0 Å². The maximum atomic E-state index is 3.39. The summed E-state index contributed by atoms with van der Waals surface area (Å²) >= 11 is 0. The third kappa shape index (κ3) is 0.516. The van der Waals surface area contributed by atoms with E-state index in [9.17, 15) is 0 Å². The van der Waals surface area contributed by atoms with Crippen molar-refractivity contribution in [3.05, 3.63) is 24.8 Å². The number of rotatable bonds is 0. The van der Waals surface area contributed by atoms with Crippen molar-refractivity contribution in [3.8, 4) is 0 Å². The van der Waals surface area contributed by atoms with Crippen LogP contribution in [0, 0.1) is 18.7 Å². The highest BCUT2D eigenvalue weighted by atomic mass is 14.8. The van der Waals surface area contributed by atoms with Gasteiger partial charge in [-0.1, -0.05) is 0 Å². The Labute approximate surface area is 35.9 Å². The minimum absolute atomic E-state index is 1.50. The van der Waals surface area contributed by atoms with Gasteiger partial charge in [0.2, 0.25) is 0 Å². The van der Waals surface area contributed by atoms with Gasteiger partial charge in [-0.2, -0.15) is 0 Å². The molecule has 0 aliphatic rings. The van der Waals surface area contributed by atoms with Gasteiger partial charge in [0, 0.05) is 0 Å². The molecule has 3 radical (unpaired) electrons. The molecule has 0 saturated carbocycles. The van der Waals surface area contributed by atoms with Gasteiger partial charge >= 0.3 is 0 Å². The minimum Gasteiger partial charge on any atom is -0.223 e. The molecule has 0 atom stereocenters. The Hall–Kier alpha value is -0.920. The van der Waals surface area contributed by atoms with E-state index in [-0.39, 0.29) is 0 Å². The molecule has 0 aliphatic heterocycles. The summed E-state index contributed by atoms with van der Waals surface area (Å²) in [7, 11) is 0. The zero-order valence-corrected chi connectivity index (χ0v) is 2.97. The van der Waals surface area contributed by atoms with Gasteiger partial charge in [0.15, 0.2) is 6.33 Å². The zero-order valence-electron chi connectivity index (χ0n) is 2.97. The van der Waals surface area contributed by atoms with Crippen molar-refractivity contribution < 1.29 is 0 Å². The van der Waals surface area contributed by atoms with Gasteiger partial charge in [-0.05, 0) is 6.07 Å². The van der Waals surface area contributed by atoms with Gasteiger partial charge in [-0.25, -0.2) is 9.97 Å². The molecule has 27 valence electrons. The fraction of sp³-hybridized carbons (Fsp3) is 0. The summed E-state index contributed by atoms with van der Waals surface area (Å²) in [6.45, 7) is 0. The molecule has 0 saturated heterocycles. The van der Waals surface area contributed by atoms with Crippen LogP contribution in [0.2, 0.25) is 0 Å². The zero-order chi connectivity index (χ0) is 4.24. The lowest BCUT2D eigenvalue weighted by molar-refractivity contribution is 1.13. The lowest BCUT2D eigenvalue weighted by atomic mass is 10.7. The molecule has 0 N–H and O–H groups in total. The molecule has 1 aromatic rings. The van der Waals surface area contributed by atoms with Crippen molar-refractivity contribution in [2.24, 2.45) is 0 Å². The molecule has 0 aliphatic carbocycles. The first-order valence-electron chi connectivity index (χ1n) is 1.47. The van der Waals surface area contributed by atoms with Crippen molar-refractivity contribution in [1.82, 2.24) is 9.97 Å². The Morgan fingerprint density at radius 2 is 1.83 bits per heavy atom. The van der Waals surface area contributed by atoms with Crippen molar-refractivity contribution in [2.45, 2.75) is 0 Å². The molecule has 1 rings (SSSR count). The topological polar surface area (TPSA) is 25.8 Å². The van der Waals surface area contributed by atoms with E-state index in [2.05, 4.69) is 28.7 Å². The Morgan fingerprint density at radius 3 is 2.00 bits per heavy atom. The first-order chi connectivity index (χ1) is 3.00. The van der Waals surface area contributed by atoms with Gasteiger partial charge < -0.3 is 0 Å². The fourth-order valence-electron chi connectivity index (χ4n) is 0.176. The third-order valence-corrected chi connectivity index (χ3v) is 0.358. The van der Waals surface area contributed by atoms with Crippen molar-refractivity contribution in [1.29, 1.82) is 0 Å². The van der Waals surface area contributed by atoms with Gasteiger partial charge in [0.05, 0.1) is 12.4 Å². The first-order valence-corrected chi connectivity index (χ1v) is 1.47. The predicted octanol–water partition coefficient (Wildman–Crippen LogP) is -0.123. The van der Waals surface area contributed by atoms with Crippen LogP contribution in [0.15, 0.2) is 6.07 Å². The highest BCUT2D eigenvalue weighted by Gasteiger charge is 1.63. The Kier molecular flexibility index (Phi) is 0.819. The summed E-state index contributed by atoms with van der Waals surface area (Å²) in [6.07, 6.45) is 7.22. The molecule has 2 nitrogen and oxygen atoms in total. The second kappa shape index (κ2) is 1.50. The predicted molar refractivity (Wildman–Crippen MR) is 18.5 cm³/mol. The molecule has 0 fully saturated rings. The van der Waals surface area contributed by atoms with Crippen LogP contribution in [0.4, 0.5) is 0 Å². The van der Waals surface area contributed by atoms with E-state index in [1.54, 1.807) is 0 Å². The van der Waals surface area contributed by atoms with Crippen LogP contribution in [0.1, 0.15) is 0 Å². The molecule has 0 bridgehead atoms. The van der Waals surface area contributed by atoms with Gasteiger partial charge in [0.25, 0.3) is 0 Å². The quantitative estimate of drug-likeness (QED) is 0.431. The highest BCUT2D eigenvalue weighted by molar-refractivity contribution is 4.68. The second-order valence-corrected chi connectivity index (χ2v) is 0.726.